The molecule has 1 aromatic heterocycles. The molecule has 0 saturated carbocycles. The zero-order valence-corrected chi connectivity index (χ0v) is 12.4. The van der Waals surface area contributed by atoms with Crippen LogP contribution in [0.5, 0.6) is 0 Å². The van der Waals surface area contributed by atoms with E-state index in [1.807, 2.05) is 6.07 Å². The summed E-state index contributed by atoms with van der Waals surface area (Å²) in [5.41, 5.74) is 7.07. The van der Waals surface area contributed by atoms with E-state index >= 15 is 0 Å². The summed E-state index contributed by atoms with van der Waals surface area (Å²) in [5, 5.41) is 8.72. The second-order valence-electron chi connectivity index (χ2n) is 5.63. The van der Waals surface area contributed by atoms with Gasteiger partial charge in [-0.05, 0) is 18.4 Å². The highest BCUT2D eigenvalue weighted by atomic mass is 15.3. The molecule has 0 fully saturated rings. The Morgan fingerprint density at radius 3 is 2.76 bits per heavy atom. The van der Waals surface area contributed by atoms with Crippen molar-refractivity contribution in [1.29, 1.82) is 0 Å². The average Bonchev–Trinajstić information content (AvgIpc) is 2.92. The van der Waals surface area contributed by atoms with Crippen LogP contribution in [-0.4, -0.2) is 32.8 Å². The van der Waals surface area contributed by atoms with E-state index in [1.54, 1.807) is 0 Å². The lowest BCUT2D eigenvalue weighted by Gasteiger charge is -2.22. The van der Waals surface area contributed by atoms with Gasteiger partial charge >= 0.3 is 0 Å². The van der Waals surface area contributed by atoms with Crippen molar-refractivity contribution < 1.29 is 0 Å². The van der Waals surface area contributed by atoms with Crippen molar-refractivity contribution in [2.75, 3.05) is 13.1 Å². The van der Waals surface area contributed by atoms with Gasteiger partial charge in [0.05, 0.1) is 6.54 Å². The molecule has 0 radical (unpaired) electrons. The number of fused-ring (bicyclic) bond motifs is 1. The lowest BCUT2D eigenvalue weighted by molar-refractivity contribution is 0.252. The number of benzene rings is 1. The van der Waals surface area contributed by atoms with E-state index in [4.69, 9.17) is 5.73 Å². The van der Waals surface area contributed by atoms with Crippen LogP contribution in [0.2, 0.25) is 0 Å². The third-order valence-corrected chi connectivity index (χ3v) is 4.00. The van der Waals surface area contributed by atoms with Crippen molar-refractivity contribution in [3.63, 3.8) is 0 Å². The van der Waals surface area contributed by atoms with Crippen LogP contribution >= 0.6 is 0 Å². The van der Waals surface area contributed by atoms with Gasteiger partial charge in [-0.1, -0.05) is 30.3 Å². The molecule has 2 heterocycles. The quantitative estimate of drug-likeness (QED) is 0.875. The Bertz CT molecular complexity index is 563. The van der Waals surface area contributed by atoms with Crippen LogP contribution in [0.4, 0.5) is 0 Å². The highest BCUT2D eigenvalue weighted by Crippen LogP contribution is 2.16. The third kappa shape index (κ3) is 3.49. The molecule has 0 aliphatic carbocycles. The van der Waals surface area contributed by atoms with Gasteiger partial charge < -0.3 is 10.3 Å². The monoisotopic (exact) mass is 285 g/mol. The van der Waals surface area contributed by atoms with Gasteiger partial charge in [0.25, 0.3) is 0 Å². The second-order valence-corrected chi connectivity index (χ2v) is 5.63. The molecular formula is C16H23N5. The second kappa shape index (κ2) is 6.83. The molecule has 21 heavy (non-hydrogen) atoms. The lowest BCUT2D eigenvalue weighted by atomic mass is 10.1. The van der Waals surface area contributed by atoms with Crippen LogP contribution < -0.4 is 5.73 Å². The van der Waals surface area contributed by atoms with Gasteiger partial charge in [0, 0.05) is 32.6 Å². The number of nitrogens with two attached hydrogens (primary N) is 1. The molecule has 0 bridgehead atoms. The van der Waals surface area contributed by atoms with Crippen molar-refractivity contribution in [2.24, 2.45) is 5.73 Å². The van der Waals surface area contributed by atoms with Crippen LogP contribution in [0, 0.1) is 0 Å². The predicted octanol–water partition coefficient (Wildman–Crippen LogP) is 1.58. The zero-order valence-electron chi connectivity index (χ0n) is 12.4. The van der Waals surface area contributed by atoms with Crippen molar-refractivity contribution in [3.05, 3.63) is 47.5 Å². The Labute approximate surface area is 125 Å². The highest BCUT2D eigenvalue weighted by molar-refractivity contribution is 5.14. The summed E-state index contributed by atoms with van der Waals surface area (Å²) in [4.78, 5) is 2.35. The van der Waals surface area contributed by atoms with E-state index in [2.05, 4.69) is 43.9 Å². The van der Waals surface area contributed by atoms with Crippen molar-refractivity contribution >= 4 is 0 Å². The molecule has 5 heteroatoms. The molecule has 0 amide bonds. The van der Waals surface area contributed by atoms with E-state index < -0.39 is 0 Å². The topological polar surface area (TPSA) is 60.0 Å². The molecule has 0 unspecified atom stereocenters. The fourth-order valence-electron chi connectivity index (χ4n) is 2.92. The van der Waals surface area contributed by atoms with Crippen molar-refractivity contribution in [2.45, 2.75) is 38.9 Å². The highest BCUT2D eigenvalue weighted by Gasteiger charge is 2.17. The van der Waals surface area contributed by atoms with E-state index in [1.165, 1.54) is 18.4 Å². The number of aryl methyl sites for hydroxylation is 1. The first-order valence-corrected chi connectivity index (χ1v) is 7.74. The summed E-state index contributed by atoms with van der Waals surface area (Å²) in [6, 6.07) is 10.5. The summed E-state index contributed by atoms with van der Waals surface area (Å²) in [5.74, 6) is 2.22. The fraction of sp³-hybridized carbons (Fsp3) is 0.500. The molecule has 5 nitrogen and oxygen atoms in total. The smallest absolute Gasteiger partial charge is 0.147 e. The van der Waals surface area contributed by atoms with E-state index in [0.717, 1.165) is 44.2 Å². The van der Waals surface area contributed by atoms with Crippen molar-refractivity contribution in [1.82, 2.24) is 19.7 Å². The maximum Gasteiger partial charge on any atom is 0.147 e. The normalized spacial score (nSPS) is 14.4. The molecular weight excluding hydrogens is 262 g/mol. The molecule has 112 valence electrons. The number of rotatable bonds is 6. The molecule has 0 spiro atoms. The van der Waals surface area contributed by atoms with Crippen LogP contribution in [0.3, 0.4) is 0 Å². The SMILES string of the molecule is NCCN(Cc1ccccc1)Cc1nnc2n1CCCC2. The Hall–Kier alpha value is -1.72. The van der Waals surface area contributed by atoms with Crippen LogP contribution in [-0.2, 0) is 26.1 Å². The minimum atomic E-state index is 0.661. The van der Waals surface area contributed by atoms with E-state index in [-0.39, 0.29) is 0 Å². The Morgan fingerprint density at radius 2 is 1.95 bits per heavy atom. The molecule has 3 rings (SSSR count). The van der Waals surface area contributed by atoms with Crippen molar-refractivity contribution in [3.8, 4) is 0 Å². The first-order chi connectivity index (χ1) is 10.4. The lowest BCUT2D eigenvalue weighted by Crippen LogP contribution is -2.30. The minimum Gasteiger partial charge on any atom is -0.329 e. The predicted molar refractivity (Wildman–Crippen MR) is 82.6 cm³/mol. The summed E-state index contributed by atoms with van der Waals surface area (Å²) < 4.78 is 2.29. The zero-order chi connectivity index (χ0) is 14.5. The van der Waals surface area contributed by atoms with Crippen LogP contribution in [0.15, 0.2) is 30.3 Å². The molecule has 0 atom stereocenters. The summed E-state index contributed by atoms with van der Waals surface area (Å²) >= 11 is 0. The van der Waals surface area contributed by atoms with Gasteiger partial charge in [0.1, 0.15) is 11.6 Å². The van der Waals surface area contributed by atoms with Crippen LogP contribution in [0.25, 0.3) is 0 Å². The summed E-state index contributed by atoms with van der Waals surface area (Å²) in [7, 11) is 0. The standard InChI is InChI=1S/C16H23N5/c17-9-11-20(12-14-6-2-1-3-7-14)13-16-19-18-15-8-4-5-10-21(15)16/h1-3,6-7H,4-5,8-13,17H2. The number of hydrogen-bond acceptors (Lipinski definition) is 4. The summed E-state index contributed by atoms with van der Waals surface area (Å²) in [6.45, 7) is 4.31. The van der Waals surface area contributed by atoms with E-state index in [9.17, 15) is 0 Å². The molecule has 0 saturated heterocycles. The Kier molecular flexibility index (Phi) is 4.62. The maximum atomic E-state index is 5.77. The van der Waals surface area contributed by atoms with Crippen LogP contribution in [0.1, 0.15) is 30.1 Å². The first-order valence-electron chi connectivity index (χ1n) is 7.74. The van der Waals surface area contributed by atoms with Gasteiger partial charge in [-0.25, -0.2) is 0 Å². The number of nitrogens with zero attached hydrogens (tertiary/aromatic N) is 4. The Balaban J connectivity index is 1.71. The summed E-state index contributed by atoms with van der Waals surface area (Å²) in [6.07, 6.45) is 3.52. The fourth-order valence-corrected chi connectivity index (χ4v) is 2.92. The van der Waals surface area contributed by atoms with Gasteiger partial charge in [-0.3, -0.25) is 4.90 Å². The average molecular weight is 285 g/mol. The maximum absolute atomic E-state index is 5.77. The van der Waals surface area contributed by atoms with E-state index in [0.29, 0.717) is 6.54 Å². The minimum absolute atomic E-state index is 0.661. The number of aromatic nitrogens is 3. The third-order valence-electron chi connectivity index (χ3n) is 4.00. The first kappa shape index (κ1) is 14.2. The molecule has 2 aromatic rings. The number of hydrogen-bond donors (Lipinski definition) is 1. The van der Waals surface area contributed by atoms with Gasteiger partial charge in [-0.15, -0.1) is 10.2 Å². The molecule has 1 aliphatic heterocycles. The largest absolute Gasteiger partial charge is 0.329 e. The van der Waals surface area contributed by atoms with Gasteiger partial charge in [0.2, 0.25) is 0 Å². The van der Waals surface area contributed by atoms with Gasteiger partial charge in [0.15, 0.2) is 0 Å². The van der Waals surface area contributed by atoms with Gasteiger partial charge in [-0.2, -0.15) is 0 Å². The Morgan fingerprint density at radius 1 is 1.10 bits per heavy atom. The molecule has 1 aliphatic rings. The molecule has 1 aromatic carbocycles. The molecule has 2 N–H and O–H groups in total.